The van der Waals surface area contributed by atoms with Crippen molar-refractivity contribution in [3.63, 3.8) is 0 Å². The first-order valence-corrected chi connectivity index (χ1v) is 6.26. The van der Waals surface area contributed by atoms with E-state index in [2.05, 4.69) is 15.4 Å². The van der Waals surface area contributed by atoms with E-state index in [0.717, 1.165) is 0 Å². The van der Waals surface area contributed by atoms with Gasteiger partial charge in [-0.1, -0.05) is 0 Å². The Morgan fingerprint density at radius 2 is 1.90 bits per heavy atom. The van der Waals surface area contributed by atoms with Crippen molar-refractivity contribution < 1.29 is 22.3 Å². The number of anilines is 1. The number of hydrogen-bond donors (Lipinski definition) is 2. The summed E-state index contributed by atoms with van der Waals surface area (Å²) in [6, 6.07) is 8.81. The predicted molar refractivity (Wildman–Crippen MR) is 74.9 cm³/mol. The standard InChI is InChI=1S/C13H11F3N2O2S/c14-13(15,16)20-10-5-3-9(4-6-10)18-12(21)17-8-11-2-1-7-19-11/h1-7H,8H2,(H2,17,18,21). The quantitative estimate of drug-likeness (QED) is 0.843. The van der Waals surface area contributed by atoms with Crippen LogP contribution in [0.5, 0.6) is 5.75 Å². The van der Waals surface area contributed by atoms with Gasteiger partial charge < -0.3 is 19.8 Å². The highest BCUT2D eigenvalue weighted by molar-refractivity contribution is 7.80. The van der Waals surface area contributed by atoms with Gasteiger partial charge in [-0.15, -0.1) is 13.2 Å². The van der Waals surface area contributed by atoms with Crippen LogP contribution in [-0.4, -0.2) is 11.5 Å². The van der Waals surface area contributed by atoms with Crippen LogP contribution >= 0.6 is 12.2 Å². The Morgan fingerprint density at radius 3 is 2.48 bits per heavy atom. The van der Waals surface area contributed by atoms with Crippen molar-refractivity contribution in [2.75, 3.05) is 5.32 Å². The van der Waals surface area contributed by atoms with Gasteiger partial charge in [0.25, 0.3) is 0 Å². The molecule has 2 rings (SSSR count). The molecule has 0 unspecified atom stereocenters. The third-order valence-corrected chi connectivity index (χ3v) is 2.60. The monoisotopic (exact) mass is 316 g/mol. The summed E-state index contributed by atoms with van der Waals surface area (Å²) in [5.41, 5.74) is 0.543. The molecule has 0 spiro atoms. The normalized spacial score (nSPS) is 11.0. The van der Waals surface area contributed by atoms with Crippen LogP contribution in [0.25, 0.3) is 0 Å². The van der Waals surface area contributed by atoms with Crippen LogP contribution in [0.4, 0.5) is 18.9 Å². The molecule has 0 saturated carbocycles. The molecule has 0 aliphatic carbocycles. The van der Waals surface area contributed by atoms with E-state index in [1.165, 1.54) is 24.3 Å². The summed E-state index contributed by atoms with van der Waals surface area (Å²) in [7, 11) is 0. The predicted octanol–water partition coefficient (Wildman–Crippen LogP) is 3.66. The Labute approximate surface area is 123 Å². The van der Waals surface area contributed by atoms with E-state index in [-0.39, 0.29) is 5.75 Å². The number of hydrogen-bond acceptors (Lipinski definition) is 3. The van der Waals surface area contributed by atoms with E-state index in [1.807, 2.05) is 0 Å². The fourth-order valence-corrected chi connectivity index (χ4v) is 1.69. The second kappa shape index (κ2) is 6.49. The molecule has 1 heterocycles. The number of benzene rings is 1. The maximum Gasteiger partial charge on any atom is 0.573 e. The van der Waals surface area contributed by atoms with Crippen molar-refractivity contribution in [2.24, 2.45) is 0 Å². The number of ether oxygens (including phenoxy) is 1. The van der Waals surface area contributed by atoms with E-state index in [1.54, 1.807) is 18.4 Å². The van der Waals surface area contributed by atoms with E-state index < -0.39 is 6.36 Å². The Bertz CT molecular complexity index is 582. The largest absolute Gasteiger partial charge is 0.573 e. The van der Waals surface area contributed by atoms with Gasteiger partial charge >= 0.3 is 6.36 Å². The lowest BCUT2D eigenvalue weighted by Gasteiger charge is -2.11. The van der Waals surface area contributed by atoms with Crippen molar-refractivity contribution in [3.05, 3.63) is 48.4 Å². The third kappa shape index (κ3) is 5.35. The van der Waals surface area contributed by atoms with Crippen LogP contribution in [-0.2, 0) is 6.54 Å². The van der Waals surface area contributed by atoms with E-state index in [4.69, 9.17) is 16.6 Å². The summed E-state index contributed by atoms with van der Waals surface area (Å²) in [5, 5.41) is 6.07. The molecule has 0 aliphatic rings. The Balaban J connectivity index is 1.83. The molecule has 4 nitrogen and oxygen atoms in total. The zero-order valence-corrected chi connectivity index (χ0v) is 11.4. The van der Waals surface area contributed by atoms with Gasteiger partial charge in [0.2, 0.25) is 0 Å². The molecule has 1 aromatic carbocycles. The average molecular weight is 316 g/mol. The maximum atomic E-state index is 12.0. The molecule has 0 bridgehead atoms. The van der Waals surface area contributed by atoms with E-state index >= 15 is 0 Å². The molecule has 2 N–H and O–H groups in total. The van der Waals surface area contributed by atoms with Crippen molar-refractivity contribution in [1.29, 1.82) is 0 Å². The van der Waals surface area contributed by atoms with Crippen LogP contribution in [0.2, 0.25) is 0 Å². The highest BCUT2D eigenvalue weighted by Gasteiger charge is 2.30. The fourth-order valence-electron chi connectivity index (χ4n) is 1.50. The number of rotatable bonds is 4. The van der Waals surface area contributed by atoms with Crippen molar-refractivity contribution in [3.8, 4) is 5.75 Å². The minimum atomic E-state index is -4.70. The molecule has 0 amide bonds. The maximum absolute atomic E-state index is 12.0. The molecule has 8 heteroatoms. The molecule has 2 aromatic rings. The van der Waals surface area contributed by atoms with Gasteiger partial charge in [0.1, 0.15) is 11.5 Å². The van der Waals surface area contributed by atoms with E-state index in [9.17, 15) is 13.2 Å². The first-order valence-electron chi connectivity index (χ1n) is 5.85. The van der Waals surface area contributed by atoms with Gasteiger partial charge in [-0.05, 0) is 48.6 Å². The van der Waals surface area contributed by atoms with Crippen LogP contribution in [0, 0.1) is 0 Å². The number of furan rings is 1. The van der Waals surface area contributed by atoms with E-state index in [0.29, 0.717) is 23.1 Å². The zero-order valence-electron chi connectivity index (χ0n) is 10.6. The first kappa shape index (κ1) is 15.2. The zero-order chi connectivity index (χ0) is 15.3. The molecule has 0 saturated heterocycles. The molecule has 0 aliphatic heterocycles. The lowest BCUT2D eigenvalue weighted by atomic mass is 10.3. The smallest absolute Gasteiger partial charge is 0.467 e. The minimum Gasteiger partial charge on any atom is -0.467 e. The second-order valence-electron chi connectivity index (χ2n) is 3.96. The first-order chi connectivity index (χ1) is 9.92. The second-order valence-corrected chi connectivity index (χ2v) is 4.37. The molecular formula is C13H11F3N2O2S. The molecule has 0 fully saturated rings. The van der Waals surface area contributed by atoms with Crippen LogP contribution < -0.4 is 15.4 Å². The number of nitrogens with one attached hydrogen (secondary N) is 2. The average Bonchev–Trinajstić information content (AvgIpc) is 2.90. The molecule has 0 atom stereocenters. The SMILES string of the molecule is FC(F)(F)Oc1ccc(NC(=S)NCc2ccco2)cc1. The van der Waals surface area contributed by atoms with Crippen molar-refractivity contribution in [1.82, 2.24) is 5.32 Å². The van der Waals surface area contributed by atoms with Crippen LogP contribution in [0.3, 0.4) is 0 Å². The van der Waals surface area contributed by atoms with Gasteiger partial charge in [0.05, 0.1) is 12.8 Å². The van der Waals surface area contributed by atoms with Crippen LogP contribution in [0.15, 0.2) is 47.1 Å². The molecule has 1 aromatic heterocycles. The number of alkyl halides is 3. The lowest BCUT2D eigenvalue weighted by Crippen LogP contribution is -2.27. The summed E-state index contributed by atoms with van der Waals surface area (Å²) < 4.78 is 44.9. The molecule has 112 valence electrons. The van der Waals surface area contributed by atoms with Gasteiger partial charge in [0.15, 0.2) is 5.11 Å². The minimum absolute atomic E-state index is 0.289. The summed E-state index contributed by atoms with van der Waals surface area (Å²) in [4.78, 5) is 0. The molecule has 21 heavy (non-hydrogen) atoms. The lowest BCUT2D eigenvalue weighted by molar-refractivity contribution is -0.274. The highest BCUT2D eigenvalue weighted by Crippen LogP contribution is 2.23. The highest BCUT2D eigenvalue weighted by atomic mass is 32.1. The Morgan fingerprint density at radius 1 is 1.19 bits per heavy atom. The third-order valence-electron chi connectivity index (χ3n) is 2.35. The van der Waals surface area contributed by atoms with Crippen LogP contribution in [0.1, 0.15) is 5.76 Å². The molecule has 0 radical (unpaired) electrons. The number of halogens is 3. The topological polar surface area (TPSA) is 46.4 Å². The van der Waals surface area contributed by atoms with Crippen molar-refractivity contribution in [2.45, 2.75) is 12.9 Å². The van der Waals surface area contributed by atoms with Crippen molar-refractivity contribution >= 4 is 23.0 Å². The summed E-state index contributed by atoms with van der Waals surface area (Å²) in [6.45, 7) is 0.411. The summed E-state index contributed by atoms with van der Waals surface area (Å²) in [5.74, 6) is 0.426. The molecular weight excluding hydrogens is 305 g/mol. The van der Waals surface area contributed by atoms with Gasteiger partial charge in [-0.25, -0.2) is 0 Å². The Kier molecular flexibility index (Phi) is 4.69. The summed E-state index contributed by atoms with van der Waals surface area (Å²) in [6.07, 6.45) is -3.15. The Hall–Kier alpha value is -2.22. The van der Waals surface area contributed by atoms with Gasteiger partial charge in [-0.3, -0.25) is 0 Å². The summed E-state index contributed by atoms with van der Waals surface area (Å²) >= 11 is 5.05. The fraction of sp³-hybridized carbons (Fsp3) is 0.154. The number of thiocarbonyl (C=S) groups is 1. The van der Waals surface area contributed by atoms with Gasteiger partial charge in [-0.2, -0.15) is 0 Å². The van der Waals surface area contributed by atoms with Gasteiger partial charge in [0, 0.05) is 5.69 Å².